The van der Waals surface area contributed by atoms with Crippen LogP contribution in [0.25, 0.3) is 0 Å². The second kappa shape index (κ2) is 8.79. The summed E-state index contributed by atoms with van der Waals surface area (Å²) in [4.78, 5) is 12.5. The Labute approximate surface area is 175 Å². The number of amides is 1. The van der Waals surface area contributed by atoms with Crippen molar-refractivity contribution in [1.82, 2.24) is 5.43 Å². The van der Waals surface area contributed by atoms with Gasteiger partial charge in [-0.1, -0.05) is 30.3 Å². The van der Waals surface area contributed by atoms with Crippen LogP contribution < -0.4 is 9.73 Å². The van der Waals surface area contributed by atoms with Crippen molar-refractivity contribution in [2.24, 2.45) is 5.10 Å². The molecule has 7 nitrogen and oxygen atoms in total. The fourth-order valence-corrected chi connectivity index (χ4v) is 3.97. The van der Waals surface area contributed by atoms with Crippen LogP contribution in [0.2, 0.25) is 0 Å². The number of sulfonamides is 1. The molecule has 0 aromatic heterocycles. The number of carbonyl (C=O) groups excluding carboxylic acids is 1. The minimum absolute atomic E-state index is 0.0695. The maximum atomic E-state index is 12.7. The third-order valence-electron chi connectivity index (χ3n) is 4.51. The first-order valence-electron chi connectivity index (χ1n) is 9.08. The van der Waals surface area contributed by atoms with E-state index < -0.39 is 15.9 Å². The molecule has 2 N–H and O–H groups in total. The lowest BCUT2D eigenvalue weighted by atomic mass is 10.1. The normalized spacial score (nSPS) is 11.7. The molecule has 30 heavy (non-hydrogen) atoms. The highest BCUT2D eigenvalue weighted by atomic mass is 32.2. The zero-order chi connectivity index (χ0) is 21.7. The second-order valence-corrected chi connectivity index (χ2v) is 8.46. The fraction of sp³-hybridized carbons (Fsp3) is 0.0909. The number of para-hydroxylation sites is 1. The molecule has 0 radical (unpaired) electrons. The quantitative estimate of drug-likeness (QED) is 0.469. The summed E-state index contributed by atoms with van der Waals surface area (Å²) >= 11 is 0. The van der Waals surface area contributed by atoms with Crippen molar-refractivity contribution in [2.75, 3.05) is 11.4 Å². The lowest BCUT2D eigenvalue weighted by Crippen LogP contribution is -2.26. The SMILES string of the molecule is C/C(=N/NC(=O)c1ccc(N(C)S(=O)(=O)c2ccccc2)cc1)c1ccccc1O. The summed E-state index contributed by atoms with van der Waals surface area (Å²) in [6, 6.07) is 20.9. The predicted molar refractivity (Wildman–Crippen MR) is 116 cm³/mol. The Balaban J connectivity index is 1.73. The molecule has 0 unspecified atom stereocenters. The van der Waals surface area contributed by atoms with Crippen molar-refractivity contribution >= 4 is 27.3 Å². The summed E-state index contributed by atoms with van der Waals surface area (Å²) in [7, 11) is -2.24. The van der Waals surface area contributed by atoms with Crippen LogP contribution in [0.4, 0.5) is 5.69 Å². The molecule has 8 heteroatoms. The van der Waals surface area contributed by atoms with Crippen LogP contribution in [-0.2, 0) is 10.0 Å². The van der Waals surface area contributed by atoms with Crippen LogP contribution in [0.15, 0.2) is 88.9 Å². The maximum absolute atomic E-state index is 12.7. The molecule has 3 rings (SSSR count). The minimum atomic E-state index is -3.69. The van der Waals surface area contributed by atoms with E-state index in [-0.39, 0.29) is 10.6 Å². The van der Waals surface area contributed by atoms with Crippen LogP contribution >= 0.6 is 0 Å². The Morgan fingerprint density at radius 3 is 2.17 bits per heavy atom. The average molecular weight is 423 g/mol. The van der Waals surface area contributed by atoms with Gasteiger partial charge in [-0.15, -0.1) is 0 Å². The summed E-state index contributed by atoms with van der Waals surface area (Å²) in [6.45, 7) is 1.67. The van der Waals surface area contributed by atoms with E-state index in [2.05, 4.69) is 10.5 Å². The number of rotatable bonds is 6. The van der Waals surface area contributed by atoms with Gasteiger partial charge in [-0.3, -0.25) is 9.10 Å². The van der Waals surface area contributed by atoms with Gasteiger partial charge in [-0.25, -0.2) is 13.8 Å². The smallest absolute Gasteiger partial charge is 0.271 e. The molecule has 0 aliphatic carbocycles. The molecule has 1 amide bonds. The number of carbonyl (C=O) groups is 1. The summed E-state index contributed by atoms with van der Waals surface area (Å²) in [6.07, 6.45) is 0. The van der Waals surface area contributed by atoms with Crippen molar-refractivity contribution in [2.45, 2.75) is 11.8 Å². The highest BCUT2D eigenvalue weighted by molar-refractivity contribution is 7.92. The first-order chi connectivity index (χ1) is 14.3. The first-order valence-corrected chi connectivity index (χ1v) is 10.5. The van der Waals surface area contributed by atoms with E-state index in [1.54, 1.807) is 55.5 Å². The van der Waals surface area contributed by atoms with E-state index in [0.29, 0.717) is 22.5 Å². The predicted octanol–water partition coefficient (Wildman–Crippen LogP) is 3.37. The Morgan fingerprint density at radius 2 is 1.53 bits per heavy atom. The van der Waals surface area contributed by atoms with Crippen LogP contribution in [0, 0.1) is 0 Å². The largest absolute Gasteiger partial charge is 0.507 e. The third-order valence-corrected chi connectivity index (χ3v) is 6.31. The topological polar surface area (TPSA) is 99.1 Å². The van der Waals surface area contributed by atoms with E-state index >= 15 is 0 Å². The van der Waals surface area contributed by atoms with Gasteiger partial charge in [-0.05, 0) is 55.5 Å². The lowest BCUT2D eigenvalue weighted by Gasteiger charge is -2.19. The standard InChI is InChI=1S/C22H21N3O4S/c1-16(20-10-6-7-11-21(20)26)23-24-22(27)17-12-14-18(15-13-17)25(2)30(28,29)19-8-4-3-5-9-19/h3-15,26H,1-2H3,(H,24,27)/b23-16-. The molecular weight excluding hydrogens is 402 g/mol. The van der Waals surface area contributed by atoms with Crippen LogP contribution in [-0.4, -0.2) is 32.2 Å². The summed E-state index contributed by atoms with van der Waals surface area (Å²) in [5.41, 5.74) is 4.14. The Hall–Kier alpha value is -3.65. The molecule has 0 fully saturated rings. The van der Waals surface area contributed by atoms with Crippen molar-refractivity contribution in [3.05, 3.63) is 90.0 Å². The molecule has 0 saturated heterocycles. The van der Waals surface area contributed by atoms with Gasteiger partial charge in [0.15, 0.2) is 0 Å². The van der Waals surface area contributed by atoms with Gasteiger partial charge in [-0.2, -0.15) is 5.10 Å². The van der Waals surface area contributed by atoms with Crippen molar-refractivity contribution in [3.63, 3.8) is 0 Å². The zero-order valence-electron chi connectivity index (χ0n) is 16.5. The van der Waals surface area contributed by atoms with Crippen molar-refractivity contribution in [3.8, 4) is 5.75 Å². The molecule has 0 heterocycles. The summed E-state index contributed by atoms with van der Waals surface area (Å²) in [5, 5.41) is 13.9. The van der Waals surface area contributed by atoms with E-state index in [0.717, 1.165) is 4.31 Å². The molecule has 0 saturated carbocycles. The average Bonchev–Trinajstić information content (AvgIpc) is 2.77. The number of hydrogen-bond donors (Lipinski definition) is 2. The van der Waals surface area contributed by atoms with Gasteiger partial charge in [0.1, 0.15) is 5.75 Å². The number of phenolic OH excluding ortho intramolecular Hbond substituents is 1. The van der Waals surface area contributed by atoms with Crippen molar-refractivity contribution < 1.29 is 18.3 Å². The molecular formula is C22H21N3O4S. The fourth-order valence-electron chi connectivity index (χ4n) is 2.75. The highest BCUT2D eigenvalue weighted by Gasteiger charge is 2.21. The van der Waals surface area contributed by atoms with E-state index in [1.807, 2.05) is 0 Å². The monoisotopic (exact) mass is 423 g/mol. The zero-order valence-corrected chi connectivity index (χ0v) is 17.3. The molecule has 0 atom stereocenters. The van der Waals surface area contributed by atoms with Crippen LogP contribution in [0.5, 0.6) is 5.75 Å². The second-order valence-electron chi connectivity index (χ2n) is 6.49. The van der Waals surface area contributed by atoms with E-state index in [1.165, 1.54) is 37.4 Å². The molecule has 3 aromatic carbocycles. The Morgan fingerprint density at radius 1 is 0.933 bits per heavy atom. The number of hydrazone groups is 1. The van der Waals surface area contributed by atoms with E-state index in [4.69, 9.17) is 0 Å². The highest BCUT2D eigenvalue weighted by Crippen LogP contribution is 2.22. The number of nitrogens with one attached hydrogen (secondary N) is 1. The van der Waals surface area contributed by atoms with E-state index in [9.17, 15) is 18.3 Å². The number of anilines is 1. The van der Waals surface area contributed by atoms with Gasteiger partial charge < -0.3 is 5.11 Å². The van der Waals surface area contributed by atoms with Crippen LogP contribution in [0.3, 0.4) is 0 Å². The van der Waals surface area contributed by atoms with Gasteiger partial charge in [0.05, 0.1) is 16.3 Å². The lowest BCUT2D eigenvalue weighted by molar-refractivity contribution is 0.0955. The Bertz CT molecular complexity index is 1170. The third kappa shape index (κ3) is 4.49. The number of aromatic hydroxyl groups is 1. The Kier molecular flexibility index (Phi) is 6.17. The summed E-state index contributed by atoms with van der Waals surface area (Å²) in [5.74, 6) is -0.384. The van der Waals surface area contributed by atoms with Crippen LogP contribution in [0.1, 0.15) is 22.8 Å². The molecule has 0 aliphatic rings. The molecule has 154 valence electrons. The molecule has 0 bridgehead atoms. The van der Waals surface area contributed by atoms with Crippen molar-refractivity contribution in [1.29, 1.82) is 0 Å². The number of phenols is 1. The molecule has 3 aromatic rings. The number of nitrogens with zero attached hydrogens (tertiary/aromatic N) is 2. The van der Waals surface area contributed by atoms with Gasteiger partial charge in [0, 0.05) is 18.2 Å². The molecule has 0 spiro atoms. The minimum Gasteiger partial charge on any atom is -0.507 e. The number of benzene rings is 3. The van der Waals surface area contributed by atoms with Gasteiger partial charge >= 0.3 is 0 Å². The van der Waals surface area contributed by atoms with Gasteiger partial charge in [0.2, 0.25) is 0 Å². The summed E-state index contributed by atoms with van der Waals surface area (Å²) < 4.78 is 26.6. The maximum Gasteiger partial charge on any atom is 0.271 e. The molecule has 0 aliphatic heterocycles. The first kappa shape index (κ1) is 21.1. The number of hydrogen-bond acceptors (Lipinski definition) is 5. The van der Waals surface area contributed by atoms with Gasteiger partial charge in [0.25, 0.3) is 15.9 Å².